The Hall–Kier alpha value is -3.56. The molecule has 1 atom stereocenters. The van der Waals surface area contributed by atoms with Crippen molar-refractivity contribution in [2.75, 3.05) is 18.1 Å². The number of rotatable bonds is 3. The Balaban J connectivity index is 2.06. The van der Waals surface area contributed by atoms with Gasteiger partial charge in [-0.1, -0.05) is 30.3 Å². The number of ether oxygens (including phenoxy) is 1. The summed E-state index contributed by atoms with van der Waals surface area (Å²) >= 11 is 0. The van der Waals surface area contributed by atoms with Crippen LogP contribution >= 0.6 is 0 Å². The largest absolute Gasteiger partial charge is 0.477 e. The molecule has 0 spiro atoms. The van der Waals surface area contributed by atoms with E-state index >= 15 is 0 Å². The lowest BCUT2D eigenvalue weighted by atomic mass is 9.69. The molecule has 2 aliphatic rings. The van der Waals surface area contributed by atoms with Gasteiger partial charge in [0.05, 0.1) is 24.8 Å². The Bertz CT molecular complexity index is 1040. The van der Waals surface area contributed by atoms with Crippen LogP contribution in [0.15, 0.2) is 30.3 Å². The monoisotopic (exact) mass is 383 g/mol. The molecule has 0 bridgehead atoms. The molecule has 0 amide bonds. The maximum atomic E-state index is 10.0. The van der Waals surface area contributed by atoms with E-state index < -0.39 is 5.41 Å². The molecule has 2 aromatic rings. The number of fused-ring (bicyclic) bond motifs is 3. The highest BCUT2D eigenvalue weighted by atomic mass is 16.5. The SMILES string of the molecule is CCOc1nc2c(c(-c3ccccc3)c1C#N)CC(C#N)(C#N)C1CCCCN21. The van der Waals surface area contributed by atoms with E-state index in [2.05, 4.69) is 23.1 Å². The first kappa shape index (κ1) is 18.8. The third kappa shape index (κ3) is 2.87. The topological polar surface area (TPSA) is 96.7 Å². The van der Waals surface area contributed by atoms with Crippen LogP contribution in [0.1, 0.15) is 37.3 Å². The summed E-state index contributed by atoms with van der Waals surface area (Å²) in [6, 6.07) is 16.3. The van der Waals surface area contributed by atoms with Crippen LogP contribution in [-0.2, 0) is 6.42 Å². The summed E-state index contributed by atoms with van der Waals surface area (Å²) in [6.45, 7) is 3.00. The van der Waals surface area contributed by atoms with Crippen molar-refractivity contribution in [2.24, 2.45) is 5.41 Å². The zero-order valence-corrected chi connectivity index (χ0v) is 16.4. The molecule has 4 rings (SSSR count). The summed E-state index contributed by atoms with van der Waals surface area (Å²) in [5.41, 5.74) is 1.58. The number of hydrogen-bond acceptors (Lipinski definition) is 6. The number of benzene rings is 1. The molecule has 0 N–H and O–H groups in total. The van der Waals surface area contributed by atoms with Gasteiger partial charge >= 0.3 is 0 Å². The number of piperidine rings is 1. The third-order valence-corrected chi connectivity index (χ3v) is 5.90. The first-order chi connectivity index (χ1) is 14.2. The van der Waals surface area contributed by atoms with Crippen molar-refractivity contribution >= 4 is 5.82 Å². The molecule has 1 saturated heterocycles. The molecule has 1 aromatic heterocycles. The van der Waals surface area contributed by atoms with E-state index in [0.717, 1.165) is 48.3 Å². The van der Waals surface area contributed by atoms with Gasteiger partial charge in [-0.3, -0.25) is 0 Å². The zero-order valence-electron chi connectivity index (χ0n) is 16.4. The second-order valence-electron chi connectivity index (χ2n) is 7.46. The van der Waals surface area contributed by atoms with Crippen LogP contribution < -0.4 is 9.64 Å². The van der Waals surface area contributed by atoms with E-state index in [4.69, 9.17) is 9.72 Å². The first-order valence-electron chi connectivity index (χ1n) is 9.93. The van der Waals surface area contributed by atoms with Gasteiger partial charge in [0.2, 0.25) is 5.88 Å². The fourth-order valence-electron chi connectivity index (χ4n) is 4.61. The minimum absolute atomic E-state index is 0.197. The molecule has 0 saturated carbocycles. The maximum absolute atomic E-state index is 10.0. The van der Waals surface area contributed by atoms with Crippen molar-refractivity contribution in [1.82, 2.24) is 4.98 Å². The lowest BCUT2D eigenvalue weighted by Crippen LogP contribution is -2.54. The first-order valence-corrected chi connectivity index (χ1v) is 9.93. The summed E-state index contributed by atoms with van der Waals surface area (Å²) in [6.07, 6.45) is 3.01. The molecule has 6 heteroatoms. The maximum Gasteiger partial charge on any atom is 0.234 e. The van der Waals surface area contributed by atoms with E-state index in [1.807, 2.05) is 37.3 Å². The Morgan fingerprint density at radius 3 is 2.59 bits per heavy atom. The molecular formula is C23H21N5O. The minimum Gasteiger partial charge on any atom is -0.477 e. The van der Waals surface area contributed by atoms with Gasteiger partial charge in [-0.25, -0.2) is 0 Å². The summed E-state index contributed by atoms with van der Waals surface area (Å²) < 4.78 is 5.75. The van der Waals surface area contributed by atoms with Crippen LogP contribution in [0.25, 0.3) is 11.1 Å². The van der Waals surface area contributed by atoms with Crippen LogP contribution in [-0.4, -0.2) is 24.2 Å². The van der Waals surface area contributed by atoms with Gasteiger partial charge in [-0.2, -0.15) is 20.8 Å². The zero-order chi connectivity index (χ0) is 20.4. The van der Waals surface area contributed by atoms with Gasteiger partial charge in [0.15, 0.2) is 5.41 Å². The third-order valence-electron chi connectivity index (χ3n) is 5.90. The molecule has 29 heavy (non-hydrogen) atoms. The van der Waals surface area contributed by atoms with E-state index in [1.165, 1.54) is 0 Å². The summed E-state index contributed by atoms with van der Waals surface area (Å²) in [5, 5.41) is 30.0. The van der Waals surface area contributed by atoms with Crippen LogP contribution in [0.3, 0.4) is 0 Å². The quantitative estimate of drug-likeness (QED) is 0.796. The number of anilines is 1. The number of pyridine rings is 1. The molecule has 6 nitrogen and oxygen atoms in total. The van der Waals surface area contributed by atoms with Gasteiger partial charge in [-0.15, -0.1) is 0 Å². The van der Waals surface area contributed by atoms with Crippen LogP contribution in [0, 0.1) is 39.4 Å². The van der Waals surface area contributed by atoms with Crippen LogP contribution in [0.2, 0.25) is 0 Å². The Labute approximate surface area is 170 Å². The molecule has 2 aliphatic heterocycles. The minimum atomic E-state index is -1.15. The molecule has 144 valence electrons. The highest BCUT2D eigenvalue weighted by molar-refractivity contribution is 5.81. The number of nitriles is 3. The fraction of sp³-hybridized carbons (Fsp3) is 0.391. The van der Waals surface area contributed by atoms with Gasteiger partial charge in [0.25, 0.3) is 0 Å². The van der Waals surface area contributed by atoms with Gasteiger partial charge in [0.1, 0.15) is 17.5 Å². The molecule has 1 fully saturated rings. The molecule has 0 radical (unpaired) electrons. The second-order valence-corrected chi connectivity index (χ2v) is 7.46. The molecule has 0 aliphatic carbocycles. The van der Waals surface area contributed by atoms with Gasteiger partial charge < -0.3 is 9.64 Å². The Morgan fingerprint density at radius 2 is 1.93 bits per heavy atom. The molecule has 1 unspecified atom stereocenters. The summed E-state index contributed by atoms with van der Waals surface area (Å²) in [7, 11) is 0. The highest BCUT2D eigenvalue weighted by Gasteiger charge is 2.50. The summed E-state index contributed by atoms with van der Waals surface area (Å²) in [4.78, 5) is 6.84. The predicted octanol–water partition coefficient (Wildman–Crippen LogP) is 3.97. The number of nitrogens with zero attached hydrogens (tertiary/aromatic N) is 5. The van der Waals surface area contributed by atoms with Crippen molar-refractivity contribution in [3.8, 4) is 35.2 Å². The lowest BCUT2D eigenvalue weighted by Gasteiger charge is -2.47. The van der Waals surface area contributed by atoms with Gasteiger partial charge in [-0.05, 0) is 31.7 Å². The van der Waals surface area contributed by atoms with Crippen molar-refractivity contribution in [3.05, 3.63) is 41.5 Å². The van der Waals surface area contributed by atoms with Crippen molar-refractivity contribution in [2.45, 2.75) is 38.6 Å². The van der Waals surface area contributed by atoms with E-state index in [9.17, 15) is 15.8 Å². The highest BCUT2D eigenvalue weighted by Crippen LogP contribution is 2.49. The van der Waals surface area contributed by atoms with Crippen LogP contribution in [0.4, 0.5) is 5.82 Å². The molecular weight excluding hydrogens is 362 g/mol. The average molecular weight is 383 g/mol. The Kier molecular flexibility index (Phi) is 4.83. The lowest BCUT2D eigenvalue weighted by molar-refractivity contribution is 0.297. The van der Waals surface area contributed by atoms with Crippen LogP contribution in [0.5, 0.6) is 5.88 Å². The standard InChI is InChI=1S/C23H21N5O/c1-2-29-22-18(13-24)20(16-8-4-3-5-9-16)17-12-23(14-25,15-26)19-10-6-7-11-28(19)21(17)27-22/h3-5,8-9,19H,2,6-7,10-12H2,1H3. The predicted molar refractivity (Wildman–Crippen MR) is 108 cm³/mol. The normalized spacial score (nSPS) is 19.1. The molecule has 3 heterocycles. The van der Waals surface area contributed by atoms with Gasteiger partial charge in [0, 0.05) is 24.1 Å². The van der Waals surface area contributed by atoms with Crippen molar-refractivity contribution in [3.63, 3.8) is 0 Å². The fourth-order valence-corrected chi connectivity index (χ4v) is 4.61. The smallest absolute Gasteiger partial charge is 0.234 e. The average Bonchev–Trinajstić information content (AvgIpc) is 2.78. The van der Waals surface area contributed by atoms with E-state index in [-0.39, 0.29) is 12.5 Å². The van der Waals surface area contributed by atoms with Crippen molar-refractivity contribution < 1.29 is 4.74 Å². The van der Waals surface area contributed by atoms with E-state index in [1.54, 1.807) is 0 Å². The number of aromatic nitrogens is 1. The molecule has 1 aromatic carbocycles. The summed E-state index contributed by atoms with van der Waals surface area (Å²) in [5.74, 6) is 1.07. The number of hydrogen-bond donors (Lipinski definition) is 0. The Morgan fingerprint density at radius 1 is 1.17 bits per heavy atom. The van der Waals surface area contributed by atoms with Crippen molar-refractivity contribution in [1.29, 1.82) is 15.8 Å². The second kappa shape index (κ2) is 7.46. The van der Waals surface area contributed by atoms with E-state index in [0.29, 0.717) is 18.1 Å².